The molecular formula is C19H36N2. The molecule has 2 heteroatoms. The average Bonchev–Trinajstić information content (AvgIpc) is 2.56. The zero-order valence-corrected chi connectivity index (χ0v) is 14.4. The lowest BCUT2D eigenvalue weighted by Gasteiger charge is -2.53. The lowest BCUT2D eigenvalue weighted by molar-refractivity contribution is 0.00292. The van der Waals surface area contributed by atoms with Gasteiger partial charge >= 0.3 is 0 Å². The second-order valence-corrected chi connectivity index (χ2v) is 8.05. The van der Waals surface area contributed by atoms with Crippen LogP contribution in [0.25, 0.3) is 0 Å². The van der Waals surface area contributed by atoms with Crippen LogP contribution in [0.1, 0.15) is 84.5 Å². The van der Waals surface area contributed by atoms with E-state index in [1.807, 2.05) is 0 Å². The molecule has 3 rings (SSSR count). The highest BCUT2D eigenvalue weighted by Crippen LogP contribution is 2.37. The highest BCUT2D eigenvalue weighted by atomic mass is 15.3. The van der Waals surface area contributed by atoms with Gasteiger partial charge in [0.15, 0.2) is 0 Å². The number of nitrogens with one attached hydrogen (secondary N) is 1. The van der Waals surface area contributed by atoms with Gasteiger partial charge in [-0.1, -0.05) is 52.4 Å². The maximum atomic E-state index is 3.99. The van der Waals surface area contributed by atoms with E-state index in [1.54, 1.807) is 0 Å². The summed E-state index contributed by atoms with van der Waals surface area (Å²) in [4.78, 5) is 2.96. The molecule has 2 nitrogen and oxygen atoms in total. The van der Waals surface area contributed by atoms with Gasteiger partial charge in [0.1, 0.15) is 0 Å². The molecule has 2 aliphatic carbocycles. The van der Waals surface area contributed by atoms with Crippen molar-refractivity contribution in [2.75, 3.05) is 13.1 Å². The van der Waals surface area contributed by atoms with Crippen LogP contribution in [0, 0.1) is 5.92 Å². The molecule has 3 fully saturated rings. The molecule has 0 radical (unpaired) electrons. The van der Waals surface area contributed by atoms with Gasteiger partial charge in [-0.3, -0.25) is 4.90 Å². The van der Waals surface area contributed by atoms with Crippen molar-refractivity contribution in [2.45, 2.75) is 102 Å². The fourth-order valence-electron chi connectivity index (χ4n) is 5.29. The first-order valence-electron chi connectivity index (χ1n) is 9.77. The van der Waals surface area contributed by atoms with E-state index in [1.165, 1.54) is 83.7 Å². The number of rotatable bonds is 3. The van der Waals surface area contributed by atoms with E-state index in [0.717, 1.165) is 18.0 Å². The molecule has 1 N–H and O–H groups in total. The summed E-state index contributed by atoms with van der Waals surface area (Å²) in [7, 11) is 0. The molecule has 1 spiro atoms. The van der Waals surface area contributed by atoms with E-state index in [9.17, 15) is 0 Å². The molecule has 1 aliphatic heterocycles. The first-order chi connectivity index (χ1) is 10.3. The Morgan fingerprint density at radius 2 is 1.81 bits per heavy atom. The molecule has 3 aliphatic rings. The normalized spacial score (nSPS) is 37.7. The molecule has 1 saturated heterocycles. The summed E-state index contributed by atoms with van der Waals surface area (Å²) in [6.45, 7) is 7.36. The van der Waals surface area contributed by atoms with Crippen LogP contribution in [0.15, 0.2) is 0 Å². The van der Waals surface area contributed by atoms with Crippen molar-refractivity contribution in [3.8, 4) is 0 Å². The van der Waals surface area contributed by atoms with Gasteiger partial charge in [0, 0.05) is 30.7 Å². The molecular weight excluding hydrogens is 256 g/mol. The Kier molecular flexibility index (Phi) is 5.27. The summed E-state index contributed by atoms with van der Waals surface area (Å²) >= 11 is 0. The van der Waals surface area contributed by atoms with E-state index in [0.29, 0.717) is 5.54 Å². The highest BCUT2D eigenvalue weighted by molar-refractivity contribution is 5.01. The van der Waals surface area contributed by atoms with Crippen LogP contribution >= 0.6 is 0 Å². The maximum absolute atomic E-state index is 3.99. The van der Waals surface area contributed by atoms with E-state index >= 15 is 0 Å². The third kappa shape index (κ3) is 3.47. The average molecular weight is 293 g/mol. The fourth-order valence-corrected chi connectivity index (χ4v) is 5.29. The standard InChI is InChI=1S/C19H36N2/c1-3-16-9-8-10-18(13-16)21-15-19(11-6-5-7-12-19)20-14-17(21)4-2/h16-18,20H,3-15H2,1-2H3. The van der Waals surface area contributed by atoms with Gasteiger partial charge in [-0.15, -0.1) is 0 Å². The molecule has 0 amide bonds. The molecule has 0 aromatic heterocycles. The Morgan fingerprint density at radius 1 is 1.00 bits per heavy atom. The van der Waals surface area contributed by atoms with Crippen molar-refractivity contribution in [3.05, 3.63) is 0 Å². The first kappa shape index (κ1) is 15.8. The van der Waals surface area contributed by atoms with Crippen LogP contribution in [0.2, 0.25) is 0 Å². The van der Waals surface area contributed by atoms with Gasteiger partial charge in [-0.25, -0.2) is 0 Å². The number of nitrogens with zero attached hydrogens (tertiary/aromatic N) is 1. The van der Waals surface area contributed by atoms with Crippen molar-refractivity contribution in [1.82, 2.24) is 10.2 Å². The van der Waals surface area contributed by atoms with Crippen LogP contribution in [-0.4, -0.2) is 35.6 Å². The monoisotopic (exact) mass is 292 g/mol. The summed E-state index contributed by atoms with van der Waals surface area (Å²) in [5.74, 6) is 0.999. The number of hydrogen-bond donors (Lipinski definition) is 1. The Balaban J connectivity index is 1.69. The third-order valence-electron chi connectivity index (χ3n) is 6.75. The second-order valence-electron chi connectivity index (χ2n) is 8.05. The number of piperazine rings is 1. The van der Waals surface area contributed by atoms with Crippen molar-refractivity contribution >= 4 is 0 Å². The van der Waals surface area contributed by atoms with Gasteiger partial charge in [0.2, 0.25) is 0 Å². The van der Waals surface area contributed by atoms with Crippen LogP contribution in [-0.2, 0) is 0 Å². The quantitative estimate of drug-likeness (QED) is 0.832. The molecule has 21 heavy (non-hydrogen) atoms. The van der Waals surface area contributed by atoms with Gasteiger partial charge in [-0.05, 0) is 38.0 Å². The lowest BCUT2D eigenvalue weighted by Crippen LogP contribution is -2.66. The largest absolute Gasteiger partial charge is 0.308 e. The Labute approximate surface area is 132 Å². The minimum atomic E-state index is 0.475. The SMILES string of the molecule is CCC1CCCC(N2CC3(CCCCC3)NCC2CC)C1. The first-order valence-corrected chi connectivity index (χ1v) is 9.77. The van der Waals surface area contributed by atoms with Crippen molar-refractivity contribution < 1.29 is 0 Å². The van der Waals surface area contributed by atoms with E-state index in [4.69, 9.17) is 0 Å². The molecule has 1 heterocycles. The fraction of sp³-hybridized carbons (Fsp3) is 1.00. The predicted octanol–water partition coefficient (Wildman–Crippen LogP) is 4.34. The summed E-state index contributed by atoms with van der Waals surface area (Å²) in [6.07, 6.45) is 15.8. The van der Waals surface area contributed by atoms with Gasteiger partial charge < -0.3 is 5.32 Å². The zero-order chi connectivity index (χ0) is 14.7. The molecule has 0 aromatic rings. The predicted molar refractivity (Wildman–Crippen MR) is 90.6 cm³/mol. The summed E-state index contributed by atoms with van der Waals surface area (Å²) in [5.41, 5.74) is 0.475. The van der Waals surface area contributed by atoms with Gasteiger partial charge in [-0.2, -0.15) is 0 Å². The van der Waals surface area contributed by atoms with Crippen molar-refractivity contribution in [3.63, 3.8) is 0 Å². The maximum Gasteiger partial charge on any atom is 0.0309 e. The van der Waals surface area contributed by atoms with Crippen molar-refractivity contribution in [2.24, 2.45) is 5.92 Å². The molecule has 122 valence electrons. The van der Waals surface area contributed by atoms with E-state index in [2.05, 4.69) is 24.1 Å². The number of hydrogen-bond acceptors (Lipinski definition) is 2. The lowest BCUT2D eigenvalue weighted by atomic mass is 9.77. The summed E-state index contributed by atoms with van der Waals surface area (Å²) in [5, 5.41) is 3.99. The van der Waals surface area contributed by atoms with Crippen LogP contribution in [0.4, 0.5) is 0 Å². The van der Waals surface area contributed by atoms with Crippen molar-refractivity contribution in [1.29, 1.82) is 0 Å². The Morgan fingerprint density at radius 3 is 2.52 bits per heavy atom. The van der Waals surface area contributed by atoms with Gasteiger partial charge in [0.05, 0.1) is 0 Å². The smallest absolute Gasteiger partial charge is 0.0309 e. The molecule has 3 atom stereocenters. The minimum absolute atomic E-state index is 0.475. The van der Waals surface area contributed by atoms with E-state index in [-0.39, 0.29) is 0 Å². The zero-order valence-electron chi connectivity index (χ0n) is 14.4. The van der Waals surface area contributed by atoms with Crippen LogP contribution < -0.4 is 5.32 Å². The molecule has 0 aromatic carbocycles. The van der Waals surface area contributed by atoms with Crippen LogP contribution in [0.5, 0.6) is 0 Å². The minimum Gasteiger partial charge on any atom is -0.308 e. The van der Waals surface area contributed by atoms with Gasteiger partial charge in [0.25, 0.3) is 0 Å². The second kappa shape index (κ2) is 7.00. The molecule has 3 unspecified atom stereocenters. The Bertz CT molecular complexity index is 322. The van der Waals surface area contributed by atoms with Crippen LogP contribution in [0.3, 0.4) is 0 Å². The summed E-state index contributed by atoms with van der Waals surface area (Å²) in [6, 6.07) is 1.67. The molecule has 0 bridgehead atoms. The third-order valence-corrected chi connectivity index (χ3v) is 6.75. The topological polar surface area (TPSA) is 15.3 Å². The van der Waals surface area contributed by atoms with E-state index < -0.39 is 0 Å². The Hall–Kier alpha value is -0.0800. The highest BCUT2D eigenvalue weighted by Gasteiger charge is 2.42. The summed E-state index contributed by atoms with van der Waals surface area (Å²) < 4.78 is 0. The molecule has 2 saturated carbocycles.